The highest BCUT2D eigenvalue weighted by Crippen LogP contribution is 2.23. The van der Waals surface area contributed by atoms with Gasteiger partial charge in [0.1, 0.15) is 10.5 Å². The van der Waals surface area contributed by atoms with Crippen molar-refractivity contribution in [3.05, 3.63) is 44.6 Å². The number of hydrogen-bond donors (Lipinski definition) is 1. The van der Waals surface area contributed by atoms with Crippen LogP contribution in [0.3, 0.4) is 0 Å². The van der Waals surface area contributed by atoms with Crippen LogP contribution >= 0.6 is 28.1 Å². The fourth-order valence-corrected chi connectivity index (χ4v) is 2.34. The SMILES string of the molecule is Cc1cc(=S)nc(-c2ccc(Br)cc2C)[nH]1. The van der Waals surface area contributed by atoms with Crippen molar-refractivity contribution in [1.29, 1.82) is 0 Å². The molecule has 0 fully saturated rings. The first-order chi connectivity index (χ1) is 7.56. The van der Waals surface area contributed by atoms with Crippen LogP contribution in [-0.2, 0) is 0 Å². The van der Waals surface area contributed by atoms with Crippen LogP contribution in [0, 0.1) is 18.5 Å². The fourth-order valence-electron chi connectivity index (χ4n) is 1.60. The smallest absolute Gasteiger partial charge is 0.139 e. The molecule has 0 saturated heterocycles. The van der Waals surface area contributed by atoms with Crippen LogP contribution < -0.4 is 0 Å². The minimum absolute atomic E-state index is 0.619. The summed E-state index contributed by atoms with van der Waals surface area (Å²) in [6, 6.07) is 7.96. The van der Waals surface area contributed by atoms with Crippen LogP contribution in [-0.4, -0.2) is 9.97 Å². The molecular weight excluding hydrogens is 284 g/mol. The van der Waals surface area contributed by atoms with Crippen molar-refractivity contribution >= 4 is 28.1 Å². The van der Waals surface area contributed by atoms with Gasteiger partial charge in [-0.3, -0.25) is 0 Å². The zero-order valence-corrected chi connectivity index (χ0v) is 11.4. The van der Waals surface area contributed by atoms with E-state index in [1.807, 2.05) is 25.1 Å². The number of nitrogens with zero attached hydrogens (tertiary/aromatic N) is 1. The van der Waals surface area contributed by atoms with Gasteiger partial charge in [0.25, 0.3) is 0 Å². The van der Waals surface area contributed by atoms with Crippen LogP contribution in [0.4, 0.5) is 0 Å². The third-order valence-corrected chi connectivity index (χ3v) is 3.02. The number of nitrogens with one attached hydrogen (secondary N) is 1. The highest BCUT2D eigenvalue weighted by atomic mass is 79.9. The molecule has 0 aliphatic rings. The Kier molecular flexibility index (Phi) is 3.21. The molecule has 1 N–H and O–H groups in total. The maximum atomic E-state index is 5.12. The molecule has 0 atom stereocenters. The van der Waals surface area contributed by atoms with Gasteiger partial charge in [-0.25, -0.2) is 4.98 Å². The molecule has 0 saturated carbocycles. The van der Waals surface area contributed by atoms with Crippen molar-refractivity contribution in [3.8, 4) is 11.4 Å². The highest BCUT2D eigenvalue weighted by Gasteiger charge is 2.04. The van der Waals surface area contributed by atoms with Crippen LogP contribution in [0.15, 0.2) is 28.7 Å². The minimum Gasteiger partial charge on any atom is -0.343 e. The first-order valence-electron chi connectivity index (χ1n) is 4.91. The minimum atomic E-state index is 0.619. The van der Waals surface area contributed by atoms with Crippen molar-refractivity contribution < 1.29 is 0 Å². The van der Waals surface area contributed by atoms with Crippen molar-refractivity contribution in [2.45, 2.75) is 13.8 Å². The predicted octanol–water partition coefficient (Wildman–Crippen LogP) is 4.19. The Hall–Kier alpha value is -1.00. The molecule has 1 heterocycles. The second-order valence-corrected chi connectivity index (χ2v) is 5.04. The van der Waals surface area contributed by atoms with Crippen LogP contribution in [0.25, 0.3) is 11.4 Å². The highest BCUT2D eigenvalue weighted by molar-refractivity contribution is 9.10. The first-order valence-corrected chi connectivity index (χ1v) is 6.11. The summed E-state index contributed by atoms with van der Waals surface area (Å²) in [5.74, 6) is 0.829. The van der Waals surface area contributed by atoms with E-state index in [1.165, 1.54) is 0 Å². The summed E-state index contributed by atoms with van der Waals surface area (Å²) in [6.07, 6.45) is 0. The molecule has 0 aliphatic heterocycles. The summed E-state index contributed by atoms with van der Waals surface area (Å²) in [5.41, 5.74) is 3.27. The fraction of sp³-hybridized carbons (Fsp3) is 0.167. The molecule has 4 heteroatoms. The largest absolute Gasteiger partial charge is 0.343 e. The van der Waals surface area contributed by atoms with Gasteiger partial charge in [-0.1, -0.05) is 28.1 Å². The summed E-state index contributed by atoms with van der Waals surface area (Å²) in [4.78, 5) is 7.57. The van der Waals surface area contributed by atoms with Gasteiger partial charge in [0.05, 0.1) is 0 Å². The molecule has 0 spiro atoms. The second-order valence-electron chi connectivity index (χ2n) is 3.71. The average molecular weight is 295 g/mol. The molecule has 82 valence electrons. The standard InChI is InChI=1S/C12H11BrN2S/c1-7-5-9(13)3-4-10(7)12-14-8(2)6-11(16)15-12/h3-6H,1-2H3,(H,14,15,16). The molecule has 1 aromatic heterocycles. The van der Waals surface area contributed by atoms with E-state index in [0.717, 1.165) is 27.1 Å². The molecule has 0 aliphatic carbocycles. The van der Waals surface area contributed by atoms with Gasteiger partial charge in [-0.2, -0.15) is 0 Å². The van der Waals surface area contributed by atoms with E-state index in [0.29, 0.717) is 4.64 Å². The Balaban J connectivity index is 2.63. The number of H-pyrrole nitrogens is 1. The molecule has 2 rings (SSSR count). The molecule has 1 aromatic carbocycles. The maximum absolute atomic E-state index is 5.12. The average Bonchev–Trinajstić information content (AvgIpc) is 2.15. The number of rotatable bonds is 1. The van der Waals surface area contributed by atoms with Gasteiger partial charge in [0.2, 0.25) is 0 Å². The summed E-state index contributed by atoms with van der Waals surface area (Å²) in [6.45, 7) is 4.04. The number of aryl methyl sites for hydroxylation is 2. The normalized spacial score (nSPS) is 10.4. The quantitative estimate of drug-likeness (QED) is 0.799. The van der Waals surface area contributed by atoms with Gasteiger partial charge >= 0.3 is 0 Å². The first kappa shape index (κ1) is 11.5. The molecular formula is C12H11BrN2S. The lowest BCUT2D eigenvalue weighted by Crippen LogP contribution is -1.94. The van der Waals surface area contributed by atoms with E-state index in [9.17, 15) is 0 Å². The summed E-state index contributed by atoms with van der Waals surface area (Å²) in [7, 11) is 0. The molecule has 2 nitrogen and oxygen atoms in total. The van der Waals surface area contributed by atoms with Gasteiger partial charge in [0.15, 0.2) is 0 Å². The Morgan fingerprint density at radius 1 is 1.25 bits per heavy atom. The summed E-state index contributed by atoms with van der Waals surface area (Å²) in [5, 5.41) is 0. The zero-order chi connectivity index (χ0) is 11.7. The molecule has 0 amide bonds. The lowest BCUT2D eigenvalue weighted by molar-refractivity contribution is 1.09. The topological polar surface area (TPSA) is 28.7 Å². The third-order valence-electron chi connectivity index (χ3n) is 2.32. The number of hydrogen-bond acceptors (Lipinski definition) is 2. The third kappa shape index (κ3) is 2.39. The lowest BCUT2D eigenvalue weighted by Gasteiger charge is -2.06. The monoisotopic (exact) mass is 294 g/mol. The molecule has 0 bridgehead atoms. The number of aromatic amines is 1. The zero-order valence-electron chi connectivity index (χ0n) is 9.04. The predicted molar refractivity (Wildman–Crippen MR) is 72.0 cm³/mol. The summed E-state index contributed by atoms with van der Waals surface area (Å²) >= 11 is 8.56. The van der Waals surface area contributed by atoms with E-state index in [2.05, 4.69) is 38.9 Å². The van der Waals surface area contributed by atoms with Crippen molar-refractivity contribution in [2.24, 2.45) is 0 Å². The van der Waals surface area contributed by atoms with Crippen molar-refractivity contribution in [3.63, 3.8) is 0 Å². The van der Waals surface area contributed by atoms with Crippen LogP contribution in [0.5, 0.6) is 0 Å². The molecule has 0 unspecified atom stereocenters. The summed E-state index contributed by atoms with van der Waals surface area (Å²) < 4.78 is 1.69. The van der Waals surface area contributed by atoms with E-state index in [-0.39, 0.29) is 0 Å². The van der Waals surface area contributed by atoms with E-state index < -0.39 is 0 Å². The van der Waals surface area contributed by atoms with Crippen molar-refractivity contribution in [2.75, 3.05) is 0 Å². The Morgan fingerprint density at radius 2 is 2.00 bits per heavy atom. The van der Waals surface area contributed by atoms with Gasteiger partial charge in [0, 0.05) is 15.7 Å². The van der Waals surface area contributed by atoms with E-state index in [4.69, 9.17) is 12.2 Å². The molecule has 0 radical (unpaired) electrons. The molecule has 16 heavy (non-hydrogen) atoms. The van der Waals surface area contributed by atoms with E-state index >= 15 is 0 Å². The van der Waals surface area contributed by atoms with Gasteiger partial charge < -0.3 is 4.98 Å². The maximum Gasteiger partial charge on any atom is 0.139 e. The van der Waals surface area contributed by atoms with Crippen molar-refractivity contribution in [1.82, 2.24) is 9.97 Å². The second kappa shape index (κ2) is 4.47. The number of halogens is 1. The van der Waals surface area contributed by atoms with Gasteiger partial charge in [-0.15, -0.1) is 0 Å². The van der Waals surface area contributed by atoms with Crippen LogP contribution in [0.2, 0.25) is 0 Å². The van der Waals surface area contributed by atoms with Crippen LogP contribution in [0.1, 0.15) is 11.3 Å². The van der Waals surface area contributed by atoms with Gasteiger partial charge in [-0.05, 0) is 43.7 Å². The molecule has 2 aromatic rings. The number of benzene rings is 1. The lowest BCUT2D eigenvalue weighted by atomic mass is 10.1. The Labute approximate surface area is 108 Å². The number of aromatic nitrogens is 2. The Morgan fingerprint density at radius 3 is 2.62 bits per heavy atom. The van der Waals surface area contributed by atoms with E-state index in [1.54, 1.807) is 0 Å². The Bertz CT molecular complexity index is 590.